The van der Waals surface area contributed by atoms with Gasteiger partial charge in [-0.2, -0.15) is 0 Å². The fourth-order valence-corrected chi connectivity index (χ4v) is 3.55. The van der Waals surface area contributed by atoms with E-state index in [1.165, 1.54) is 11.3 Å². The highest BCUT2D eigenvalue weighted by Crippen LogP contribution is 2.33. The van der Waals surface area contributed by atoms with Crippen molar-refractivity contribution in [3.8, 4) is 5.75 Å². The predicted molar refractivity (Wildman–Crippen MR) is 85.4 cm³/mol. The number of rotatable bonds is 3. The Hall–Kier alpha value is -0.850. The second-order valence-corrected chi connectivity index (χ2v) is 7.02. The van der Waals surface area contributed by atoms with E-state index in [0.717, 1.165) is 19.7 Å². The smallest absolute Gasteiger partial charge is 0.268 e. The molecular weight excluding hydrogens is 394 g/mol. The summed E-state index contributed by atoms with van der Waals surface area (Å²) in [5.74, 6) is 0.729. The van der Waals surface area contributed by atoms with Crippen LogP contribution < -0.4 is 9.64 Å². The van der Waals surface area contributed by atoms with Crippen LogP contribution in [0.4, 0.5) is 5.69 Å². The normalized spacial score (nSPS) is 10.3. The molecule has 0 aliphatic rings. The van der Waals surface area contributed by atoms with Crippen LogP contribution in [0.5, 0.6) is 5.75 Å². The number of hydrogen-bond donors (Lipinski definition) is 0. The largest absolute Gasteiger partial charge is 0.497 e. The molecule has 3 nitrogen and oxygen atoms in total. The molecule has 0 N–H and O–H groups in total. The molecule has 6 heteroatoms. The Morgan fingerprint density at radius 2 is 1.89 bits per heavy atom. The number of thiophene rings is 1. The molecule has 0 fully saturated rings. The number of nitrogens with zero attached hydrogens (tertiary/aromatic N) is 1. The van der Waals surface area contributed by atoms with Crippen molar-refractivity contribution in [2.75, 3.05) is 19.1 Å². The Labute approximate surface area is 132 Å². The topological polar surface area (TPSA) is 29.5 Å². The third-order valence-electron chi connectivity index (χ3n) is 2.62. The van der Waals surface area contributed by atoms with E-state index >= 15 is 0 Å². The number of methoxy groups -OCH3 is 1. The molecule has 0 spiro atoms. The van der Waals surface area contributed by atoms with E-state index in [1.54, 1.807) is 19.1 Å². The van der Waals surface area contributed by atoms with E-state index in [2.05, 4.69) is 31.9 Å². The lowest BCUT2D eigenvalue weighted by Gasteiger charge is -2.16. The van der Waals surface area contributed by atoms with Crippen molar-refractivity contribution in [1.29, 1.82) is 0 Å². The SMILES string of the molecule is COc1ccc(N(C)C(=O)c2cc(Br)c(Br)s2)cc1. The zero-order valence-electron chi connectivity index (χ0n) is 10.3. The van der Waals surface area contributed by atoms with Gasteiger partial charge in [-0.05, 0) is 62.2 Å². The highest BCUT2D eigenvalue weighted by Gasteiger charge is 2.17. The molecule has 0 saturated carbocycles. The summed E-state index contributed by atoms with van der Waals surface area (Å²) in [7, 11) is 3.37. The summed E-state index contributed by atoms with van der Waals surface area (Å²) in [6.07, 6.45) is 0. The summed E-state index contributed by atoms with van der Waals surface area (Å²) in [4.78, 5) is 14.6. The van der Waals surface area contributed by atoms with E-state index in [4.69, 9.17) is 4.74 Å². The molecule has 0 aliphatic carbocycles. The van der Waals surface area contributed by atoms with Crippen molar-refractivity contribution in [3.05, 3.63) is 43.5 Å². The minimum atomic E-state index is -0.0402. The maximum Gasteiger partial charge on any atom is 0.268 e. The lowest BCUT2D eigenvalue weighted by atomic mass is 10.2. The van der Waals surface area contributed by atoms with Gasteiger partial charge in [0.2, 0.25) is 0 Å². The Morgan fingerprint density at radius 3 is 2.37 bits per heavy atom. The van der Waals surface area contributed by atoms with Crippen molar-refractivity contribution >= 4 is 54.8 Å². The highest BCUT2D eigenvalue weighted by atomic mass is 79.9. The lowest BCUT2D eigenvalue weighted by molar-refractivity contribution is 0.0997. The van der Waals surface area contributed by atoms with Crippen LogP contribution >= 0.6 is 43.2 Å². The molecule has 2 rings (SSSR count). The van der Waals surface area contributed by atoms with E-state index in [0.29, 0.717) is 4.88 Å². The highest BCUT2D eigenvalue weighted by molar-refractivity contribution is 9.13. The van der Waals surface area contributed by atoms with Gasteiger partial charge < -0.3 is 9.64 Å². The Kier molecular flexibility index (Phi) is 4.65. The quantitative estimate of drug-likeness (QED) is 0.750. The van der Waals surface area contributed by atoms with Crippen molar-refractivity contribution < 1.29 is 9.53 Å². The molecule has 19 heavy (non-hydrogen) atoms. The van der Waals surface area contributed by atoms with Crippen LogP contribution in [-0.4, -0.2) is 20.1 Å². The molecular formula is C13H11Br2NO2S. The van der Waals surface area contributed by atoms with E-state index in [1.807, 2.05) is 30.3 Å². The van der Waals surface area contributed by atoms with Crippen LogP contribution in [-0.2, 0) is 0 Å². The van der Waals surface area contributed by atoms with E-state index in [-0.39, 0.29) is 5.91 Å². The van der Waals surface area contributed by atoms with Crippen LogP contribution in [0.3, 0.4) is 0 Å². The molecule has 100 valence electrons. The standard InChI is InChI=1S/C13H11Br2NO2S/c1-16(8-3-5-9(18-2)6-4-8)13(17)11-7-10(14)12(15)19-11/h3-7H,1-2H3. The van der Waals surface area contributed by atoms with Crippen molar-refractivity contribution in [3.63, 3.8) is 0 Å². The molecule has 1 aromatic heterocycles. The fourth-order valence-electron chi connectivity index (χ4n) is 1.54. The molecule has 2 aromatic rings. The predicted octanol–water partition coefficient (Wildman–Crippen LogP) is 4.56. The summed E-state index contributed by atoms with van der Waals surface area (Å²) in [6, 6.07) is 9.19. The average Bonchev–Trinajstić information content (AvgIpc) is 2.77. The number of carbonyl (C=O) groups is 1. The first-order valence-corrected chi connectivity index (χ1v) is 7.80. The van der Waals surface area contributed by atoms with E-state index < -0.39 is 0 Å². The Balaban J connectivity index is 2.22. The molecule has 0 unspecified atom stereocenters. The second kappa shape index (κ2) is 6.07. The van der Waals surface area contributed by atoms with Gasteiger partial charge in [0.1, 0.15) is 5.75 Å². The van der Waals surface area contributed by atoms with Gasteiger partial charge in [-0.15, -0.1) is 11.3 Å². The van der Waals surface area contributed by atoms with Gasteiger partial charge in [0.15, 0.2) is 0 Å². The maximum absolute atomic E-state index is 12.3. The Bertz CT molecular complexity index is 576. The summed E-state index contributed by atoms with van der Waals surface area (Å²) in [6.45, 7) is 0. The zero-order chi connectivity index (χ0) is 14.0. The first-order chi connectivity index (χ1) is 9.02. The van der Waals surface area contributed by atoms with Crippen LogP contribution in [0.15, 0.2) is 38.6 Å². The van der Waals surface area contributed by atoms with Crippen molar-refractivity contribution in [1.82, 2.24) is 0 Å². The first kappa shape index (κ1) is 14.6. The van der Waals surface area contributed by atoms with Crippen LogP contribution in [0.25, 0.3) is 0 Å². The summed E-state index contributed by atoms with van der Waals surface area (Å²) in [5.41, 5.74) is 0.825. The third kappa shape index (κ3) is 3.19. The van der Waals surface area contributed by atoms with E-state index in [9.17, 15) is 4.79 Å². The van der Waals surface area contributed by atoms with Crippen molar-refractivity contribution in [2.45, 2.75) is 0 Å². The Morgan fingerprint density at radius 1 is 1.26 bits per heavy atom. The molecule has 0 bridgehead atoms. The van der Waals surface area contributed by atoms with Gasteiger partial charge >= 0.3 is 0 Å². The van der Waals surface area contributed by atoms with Gasteiger partial charge in [0.05, 0.1) is 15.8 Å². The molecule has 1 aromatic carbocycles. The lowest BCUT2D eigenvalue weighted by Crippen LogP contribution is -2.25. The molecule has 0 radical (unpaired) electrons. The molecule has 1 amide bonds. The van der Waals surface area contributed by atoms with Crippen LogP contribution in [0, 0.1) is 0 Å². The van der Waals surface area contributed by atoms with Crippen molar-refractivity contribution in [2.24, 2.45) is 0 Å². The molecule has 0 aliphatic heterocycles. The average molecular weight is 405 g/mol. The number of ether oxygens (including phenoxy) is 1. The number of anilines is 1. The molecule has 0 atom stereocenters. The van der Waals surface area contributed by atoms with Gasteiger partial charge in [0, 0.05) is 17.2 Å². The molecule has 1 heterocycles. The van der Waals surface area contributed by atoms with Crippen LogP contribution in [0.2, 0.25) is 0 Å². The number of amides is 1. The van der Waals surface area contributed by atoms with Gasteiger partial charge in [-0.1, -0.05) is 0 Å². The minimum Gasteiger partial charge on any atom is -0.497 e. The monoisotopic (exact) mass is 403 g/mol. The number of hydrogen-bond acceptors (Lipinski definition) is 3. The fraction of sp³-hybridized carbons (Fsp3) is 0.154. The summed E-state index contributed by atoms with van der Waals surface area (Å²) in [5, 5.41) is 0. The number of halogens is 2. The van der Waals surface area contributed by atoms with Gasteiger partial charge in [-0.25, -0.2) is 0 Å². The second-order valence-electron chi connectivity index (χ2n) is 3.79. The number of carbonyl (C=O) groups excluding carboxylic acids is 1. The summed E-state index contributed by atoms with van der Waals surface area (Å²) < 4.78 is 6.91. The number of benzene rings is 1. The third-order valence-corrected chi connectivity index (χ3v) is 5.86. The summed E-state index contributed by atoms with van der Waals surface area (Å²) >= 11 is 8.18. The maximum atomic E-state index is 12.3. The van der Waals surface area contributed by atoms with Gasteiger partial charge in [-0.3, -0.25) is 4.79 Å². The first-order valence-electron chi connectivity index (χ1n) is 5.40. The minimum absolute atomic E-state index is 0.0402. The zero-order valence-corrected chi connectivity index (χ0v) is 14.3. The molecule has 0 saturated heterocycles. The van der Waals surface area contributed by atoms with Gasteiger partial charge in [0.25, 0.3) is 5.91 Å². The van der Waals surface area contributed by atoms with Crippen LogP contribution in [0.1, 0.15) is 9.67 Å².